The first kappa shape index (κ1) is 14.6. The van der Waals surface area contributed by atoms with E-state index < -0.39 is 0 Å². The molecule has 1 aromatic heterocycles. The van der Waals surface area contributed by atoms with Crippen LogP contribution in [0.2, 0.25) is 0 Å². The van der Waals surface area contributed by atoms with E-state index in [1.807, 2.05) is 10.9 Å². The summed E-state index contributed by atoms with van der Waals surface area (Å²) >= 11 is 0. The highest BCUT2D eigenvalue weighted by atomic mass is 15.3. The molecule has 0 unspecified atom stereocenters. The number of aromatic nitrogens is 2. The van der Waals surface area contributed by atoms with Gasteiger partial charge in [0.1, 0.15) is 5.69 Å². The third-order valence-electron chi connectivity index (χ3n) is 3.64. The fourth-order valence-electron chi connectivity index (χ4n) is 2.69. The van der Waals surface area contributed by atoms with E-state index in [1.165, 1.54) is 22.3 Å². The second-order valence-electron chi connectivity index (χ2n) is 6.15. The minimum absolute atomic E-state index is 0.673. The number of nitrogens with two attached hydrogens (primary N) is 1. The van der Waals surface area contributed by atoms with E-state index in [1.54, 1.807) is 0 Å². The molecule has 0 aliphatic rings. The molecule has 0 aliphatic carbocycles. The monoisotopic (exact) mass is 271 g/mol. The van der Waals surface area contributed by atoms with E-state index in [4.69, 9.17) is 10.8 Å². The summed E-state index contributed by atoms with van der Waals surface area (Å²) in [6.07, 6.45) is 3.07. The minimum Gasteiger partial charge on any atom is -0.396 e. The van der Waals surface area contributed by atoms with Crippen molar-refractivity contribution in [1.82, 2.24) is 9.78 Å². The molecule has 3 nitrogen and oxygen atoms in total. The summed E-state index contributed by atoms with van der Waals surface area (Å²) in [6, 6.07) is 4.38. The lowest BCUT2D eigenvalue weighted by Gasteiger charge is -2.10. The highest BCUT2D eigenvalue weighted by Crippen LogP contribution is 2.31. The van der Waals surface area contributed by atoms with Gasteiger partial charge in [0.05, 0.1) is 5.69 Å². The Hall–Kier alpha value is -1.77. The van der Waals surface area contributed by atoms with Crippen LogP contribution in [0.25, 0.3) is 11.3 Å². The topological polar surface area (TPSA) is 43.8 Å². The summed E-state index contributed by atoms with van der Waals surface area (Å²) in [6.45, 7) is 11.7. The van der Waals surface area contributed by atoms with Gasteiger partial charge in [-0.2, -0.15) is 5.10 Å². The van der Waals surface area contributed by atoms with E-state index in [9.17, 15) is 0 Å². The number of nitrogen functional groups attached to an aromatic ring is 1. The first-order valence-corrected chi connectivity index (χ1v) is 7.29. The number of hydrogen-bond acceptors (Lipinski definition) is 2. The van der Waals surface area contributed by atoms with Crippen LogP contribution in [0.1, 0.15) is 37.0 Å². The van der Waals surface area contributed by atoms with Gasteiger partial charge in [-0.15, -0.1) is 0 Å². The Balaban J connectivity index is 2.39. The third-order valence-corrected chi connectivity index (χ3v) is 3.64. The van der Waals surface area contributed by atoms with E-state index in [0.717, 1.165) is 24.3 Å². The molecule has 0 atom stereocenters. The van der Waals surface area contributed by atoms with Crippen molar-refractivity contribution in [1.29, 1.82) is 0 Å². The van der Waals surface area contributed by atoms with Crippen molar-refractivity contribution in [2.75, 3.05) is 5.73 Å². The number of anilines is 1. The molecule has 0 saturated heterocycles. The molecule has 0 amide bonds. The predicted octanol–water partition coefficient (Wildman–Crippen LogP) is 4.10. The van der Waals surface area contributed by atoms with Gasteiger partial charge in [0, 0.05) is 18.3 Å². The van der Waals surface area contributed by atoms with Crippen LogP contribution in [-0.2, 0) is 6.54 Å². The standard InChI is InChI=1S/C17H25N3/c1-11(2)6-7-20-10-15(18)17(19-20)16-13(4)8-12(3)9-14(16)5/h8-11H,6-7,18H2,1-5H3. The van der Waals surface area contributed by atoms with Gasteiger partial charge < -0.3 is 5.73 Å². The highest BCUT2D eigenvalue weighted by Gasteiger charge is 2.14. The molecule has 3 heteroatoms. The van der Waals surface area contributed by atoms with Gasteiger partial charge in [-0.1, -0.05) is 31.5 Å². The molecule has 0 radical (unpaired) electrons. The summed E-state index contributed by atoms with van der Waals surface area (Å²) < 4.78 is 1.98. The van der Waals surface area contributed by atoms with Crippen LogP contribution in [-0.4, -0.2) is 9.78 Å². The summed E-state index contributed by atoms with van der Waals surface area (Å²) in [7, 11) is 0. The Labute approximate surface area is 121 Å². The molecule has 108 valence electrons. The van der Waals surface area contributed by atoms with Crippen LogP contribution in [0, 0.1) is 26.7 Å². The molecule has 20 heavy (non-hydrogen) atoms. The lowest BCUT2D eigenvalue weighted by molar-refractivity contribution is 0.488. The SMILES string of the molecule is Cc1cc(C)c(-c2nn(CCC(C)C)cc2N)c(C)c1. The lowest BCUT2D eigenvalue weighted by atomic mass is 9.97. The number of aryl methyl sites for hydroxylation is 4. The van der Waals surface area contributed by atoms with Gasteiger partial charge in [0.25, 0.3) is 0 Å². The van der Waals surface area contributed by atoms with Crippen LogP contribution in [0.4, 0.5) is 5.69 Å². The zero-order chi connectivity index (χ0) is 14.9. The van der Waals surface area contributed by atoms with Crippen LogP contribution in [0.3, 0.4) is 0 Å². The average Bonchev–Trinajstić information content (AvgIpc) is 2.67. The summed E-state index contributed by atoms with van der Waals surface area (Å²) in [5.74, 6) is 0.673. The Bertz CT molecular complexity index is 586. The van der Waals surface area contributed by atoms with Gasteiger partial charge in [0.2, 0.25) is 0 Å². The second kappa shape index (κ2) is 5.70. The van der Waals surface area contributed by atoms with E-state index in [2.05, 4.69) is 46.8 Å². The van der Waals surface area contributed by atoms with Crippen LogP contribution in [0.15, 0.2) is 18.3 Å². The minimum atomic E-state index is 0.673. The van der Waals surface area contributed by atoms with Crippen molar-refractivity contribution in [3.05, 3.63) is 35.0 Å². The van der Waals surface area contributed by atoms with Gasteiger partial charge in [-0.3, -0.25) is 4.68 Å². The summed E-state index contributed by atoms with van der Waals surface area (Å²) in [4.78, 5) is 0. The molecule has 0 bridgehead atoms. The molecule has 2 aromatic rings. The van der Waals surface area contributed by atoms with E-state index in [-0.39, 0.29) is 0 Å². The van der Waals surface area contributed by atoms with E-state index >= 15 is 0 Å². The normalized spacial score (nSPS) is 11.3. The highest BCUT2D eigenvalue weighted by molar-refractivity contribution is 5.77. The smallest absolute Gasteiger partial charge is 0.116 e. The van der Waals surface area contributed by atoms with Gasteiger partial charge in [-0.25, -0.2) is 0 Å². The Morgan fingerprint density at radius 1 is 1.15 bits per heavy atom. The molecule has 2 N–H and O–H groups in total. The molecular weight excluding hydrogens is 246 g/mol. The van der Waals surface area contributed by atoms with Gasteiger partial charge >= 0.3 is 0 Å². The maximum Gasteiger partial charge on any atom is 0.116 e. The maximum atomic E-state index is 6.17. The molecule has 1 heterocycles. The zero-order valence-corrected chi connectivity index (χ0v) is 13.2. The molecule has 0 spiro atoms. The number of nitrogens with zero attached hydrogens (tertiary/aromatic N) is 2. The Morgan fingerprint density at radius 3 is 2.30 bits per heavy atom. The van der Waals surface area contributed by atoms with Crippen molar-refractivity contribution in [3.63, 3.8) is 0 Å². The molecule has 0 saturated carbocycles. The van der Waals surface area contributed by atoms with Crippen molar-refractivity contribution < 1.29 is 0 Å². The lowest BCUT2D eigenvalue weighted by Crippen LogP contribution is -2.02. The van der Waals surface area contributed by atoms with Crippen LogP contribution >= 0.6 is 0 Å². The largest absolute Gasteiger partial charge is 0.396 e. The third kappa shape index (κ3) is 3.03. The molecular formula is C17H25N3. The average molecular weight is 271 g/mol. The predicted molar refractivity (Wildman–Crippen MR) is 85.7 cm³/mol. The Morgan fingerprint density at radius 2 is 1.75 bits per heavy atom. The zero-order valence-electron chi connectivity index (χ0n) is 13.2. The van der Waals surface area contributed by atoms with Crippen LogP contribution < -0.4 is 5.73 Å². The van der Waals surface area contributed by atoms with E-state index in [0.29, 0.717) is 5.92 Å². The van der Waals surface area contributed by atoms with Crippen molar-refractivity contribution in [2.45, 2.75) is 47.6 Å². The second-order valence-corrected chi connectivity index (χ2v) is 6.15. The van der Waals surface area contributed by atoms with Crippen LogP contribution in [0.5, 0.6) is 0 Å². The van der Waals surface area contributed by atoms with Crippen molar-refractivity contribution >= 4 is 5.69 Å². The molecule has 0 aliphatic heterocycles. The first-order valence-electron chi connectivity index (χ1n) is 7.29. The molecule has 0 fully saturated rings. The molecule has 2 rings (SSSR count). The van der Waals surface area contributed by atoms with Crippen molar-refractivity contribution in [3.8, 4) is 11.3 Å². The number of rotatable bonds is 4. The summed E-state index contributed by atoms with van der Waals surface area (Å²) in [5.41, 5.74) is 12.8. The molecule has 1 aromatic carbocycles. The maximum absolute atomic E-state index is 6.17. The first-order chi connectivity index (χ1) is 9.38. The van der Waals surface area contributed by atoms with Crippen molar-refractivity contribution in [2.24, 2.45) is 5.92 Å². The van der Waals surface area contributed by atoms with Gasteiger partial charge in [0.15, 0.2) is 0 Å². The number of hydrogen-bond donors (Lipinski definition) is 1. The fourth-order valence-corrected chi connectivity index (χ4v) is 2.69. The summed E-state index contributed by atoms with van der Waals surface area (Å²) in [5, 5.41) is 4.69. The Kier molecular flexibility index (Phi) is 4.17. The van der Waals surface area contributed by atoms with Gasteiger partial charge in [-0.05, 0) is 44.2 Å². The fraction of sp³-hybridized carbons (Fsp3) is 0.471. The number of benzene rings is 1. The quantitative estimate of drug-likeness (QED) is 0.909.